The van der Waals surface area contributed by atoms with Gasteiger partial charge in [-0.15, -0.1) is 11.8 Å². The molecule has 0 atom stereocenters. The lowest BCUT2D eigenvalue weighted by atomic mass is 10.2. The van der Waals surface area contributed by atoms with Gasteiger partial charge in [0.05, 0.1) is 6.42 Å². The quantitative estimate of drug-likeness (QED) is 0.727. The zero-order valence-electron chi connectivity index (χ0n) is 6.78. The van der Waals surface area contributed by atoms with Crippen LogP contribution < -0.4 is 0 Å². The molecular weight excluding hydrogens is 172 g/mol. The van der Waals surface area contributed by atoms with Crippen molar-refractivity contribution in [3.05, 3.63) is 29.8 Å². The molecule has 0 saturated heterocycles. The molecule has 64 valence electrons. The molecule has 0 aromatic heterocycles. The Labute approximate surface area is 75.6 Å². The van der Waals surface area contributed by atoms with Crippen molar-refractivity contribution in [3.63, 3.8) is 0 Å². The summed E-state index contributed by atoms with van der Waals surface area (Å²) in [5.74, 6) is -0.784. The SMILES string of the molecule is CSc1cccc(CC(=O)O)c1. The van der Waals surface area contributed by atoms with Crippen LogP contribution in [0.1, 0.15) is 5.56 Å². The molecule has 0 unspecified atom stereocenters. The molecule has 0 aliphatic carbocycles. The average Bonchev–Trinajstić information content (AvgIpc) is 2.03. The molecule has 1 rings (SSSR count). The summed E-state index contributed by atoms with van der Waals surface area (Å²) in [5.41, 5.74) is 0.856. The summed E-state index contributed by atoms with van der Waals surface area (Å²) < 4.78 is 0. The molecule has 0 aliphatic heterocycles. The average molecular weight is 182 g/mol. The van der Waals surface area contributed by atoms with Crippen molar-refractivity contribution in [2.45, 2.75) is 11.3 Å². The number of hydrogen-bond acceptors (Lipinski definition) is 2. The highest BCUT2D eigenvalue weighted by atomic mass is 32.2. The summed E-state index contributed by atoms with van der Waals surface area (Å²) >= 11 is 1.62. The van der Waals surface area contributed by atoms with Gasteiger partial charge in [0.25, 0.3) is 0 Å². The highest BCUT2D eigenvalue weighted by Crippen LogP contribution is 2.15. The number of aliphatic carboxylic acids is 1. The minimum absolute atomic E-state index is 0.106. The van der Waals surface area contributed by atoms with Gasteiger partial charge in [-0.2, -0.15) is 0 Å². The van der Waals surface area contributed by atoms with E-state index in [0.29, 0.717) is 0 Å². The van der Waals surface area contributed by atoms with Gasteiger partial charge in [0.2, 0.25) is 0 Å². The van der Waals surface area contributed by atoms with Crippen LogP contribution in [-0.2, 0) is 11.2 Å². The normalized spacial score (nSPS) is 9.75. The van der Waals surface area contributed by atoms with Crippen molar-refractivity contribution in [1.82, 2.24) is 0 Å². The smallest absolute Gasteiger partial charge is 0.307 e. The van der Waals surface area contributed by atoms with Crippen LogP contribution in [0.15, 0.2) is 29.2 Å². The standard InChI is InChI=1S/C9H10O2S/c1-12-8-4-2-3-7(5-8)6-9(10)11/h2-5H,6H2,1H3,(H,10,11). The van der Waals surface area contributed by atoms with Crippen LogP contribution in [0.25, 0.3) is 0 Å². The molecule has 3 heteroatoms. The van der Waals surface area contributed by atoms with Crippen molar-refractivity contribution >= 4 is 17.7 Å². The summed E-state index contributed by atoms with van der Waals surface area (Å²) in [6.07, 6.45) is 2.08. The predicted octanol–water partition coefficient (Wildman–Crippen LogP) is 2.04. The van der Waals surface area contributed by atoms with E-state index in [1.54, 1.807) is 11.8 Å². The summed E-state index contributed by atoms with van der Waals surface area (Å²) in [5, 5.41) is 8.52. The fourth-order valence-electron chi connectivity index (χ4n) is 0.957. The molecule has 1 N–H and O–H groups in total. The summed E-state index contributed by atoms with van der Waals surface area (Å²) in [4.78, 5) is 11.5. The fraction of sp³-hybridized carbons (Fsp3) is 0.222. The zero-order valence-corrected chi connectivity index (χ0v) is 7.60. The highest BCUT2D eigenvalue weighted by Gasteiger charge is 1.99. The third kappa shape index (κ3) is 2.58. The number of thioether (sulfide) groups is 1. The fourth-order valence-corrected chi connectivity index (χ4v) is 1.44. The molecule has 0 heterocycles. The lowest BCUT2D eigenvalue weighted by molar-refractivity contribution is -0.136. The number of carboxylic acid groups (broad SMARTS) is 1. The van der Waals surface area contributed by atoms with Crippen LogP contribution in [0.2, 0.25) is 0 Å². The second kappa shape index (κ2) is 4.16. The van der Waals surface area contributed by atoms with E-state index in [1.165, 1.54) is 0 Å². The largest absolute Gasteiger partial charge is 0.481 e. The summed E-state index contributed by atoms with van der Waals surface area (Å²) in [6, 6.07) is 7.58. The van der Waals surface area contributed by atoms with E-state index in [9.17, 15) is 4.79 Å². The van der Waals surface area contributed by atoms with Crippen molar-refractivity contribution in [3.8, 4) is 0 Å². The van der Waals surface area contributed by atoms with Crippen LogP contribution in [-0.4, -0.2) is 17.3 Å². The van der Waals surface area contributed by atoms with Gasteiger partial charge < -0.3 is 5.11 Å². The van der Waals surface area contributed by atoms with Crippen molar-refractivity contribution < 1.29 is 9.90 Å². The number of carboxylic acids is 1. The molecule has 0 radical (unpaired) electrons. The molecule has 2 nitrogen and oxygen atoms in total. The Balaban J connectivity index is 2.79. The third-order valence-electron chi connectivity index (χ3n) is 1.49. The first-order valence-corrected chi connectivity index (χ1v) is 4.79. The number of hydrogen-bond donors (Lipinski definition) is 1. The molecule has 0 bridgehead atoms. The minimum atomic E-state index is -0.784. The van der Waals surface area contributed by atoms with Gasteiger partial charge in [-0.25, -0.2) is 0 Å². The molecule has 1 aromatic rings. The van der Waals surface area contributed by atoms with Crippen LogP contribution in [0, 0.1) is 0 Å². The molecule has 0 saturated carbocycles. The molecule has 1 aromatic carbocycles. The van der Waals surface area contributed by atoms with E-state index in [1.807, 2.05) is 30.5 Å². The van der Waals surface area contributed by atoms with Crippen LogP contribution in [0.5, 0.6) is 0 Å². The lowest BCUT2D eigenvalue weighted by Crippen LogP contribution is -1.99. The van der Waals surface area contributed by atoms with E-state index in [0.717, 1.165) is 10.5 Å². The second-order valence-electron chi connectivity index (χ2n) is 2.42. The molecule has 0 fully saturated rings. The maximum absolute atomic E-state index is 10.4. The van der Waals surface area contributed by atoms with Gasteiger partial charge in [-0.05, 0) is 24.0 Å². The van der Waals surface area contributed by atoms with Gasteiger partial charge in [0.15, 0.2) is 0 Å². The first kappa shape index (κ1) is 9.13. The van der Waals surface area contributed by atoms with Crippen molar-refractivity contribution in [2.24, 2.45) is 0 Å². The Kier molecular flexibility index (Phi) is 3.17. The molecular formula is C9H10O2S. The Bertz CT molecular complexity index is 284. The number of carbonyl (C=O) groups is 1. The van der Waals surface area contributed by atoms with E-state index in [4.69, 9.17) is 5.11 Å². The highest BCUT2D eigenvalue weighted by molar-refractivity contribution is 7.98. The molecule has 12 heavy (non-hydrogen) atoms. The maximum Gasteiger partial charge on any atom is 0.307 e. The van der Waals surface area contributed by atoms with Crippen LogP contribution in [0.3, 0.4) is 0 Å². The zero-order chi connectivity index (χ0) is 8.97. The van der Waals surface area contributed by atoms with Gasteiger partial charge in [0, 0.05) is 4.90 Å². The predicted molar refractivity (Wildman–Crippen MR) is 49.6 cm³/mol. The number of benzene rings is 1. The van der Waals surface area contributed by atoms with Crippen LogP contribution in [0.4, 0.5) is 0 Å². The lowest BCUT2D eigenvalue weighted by Gasteiger charge is -1.99. The number of rotatable bonds is 3. The first-order chi connectivity index (χ1) is 5.72. The summed E-state index contributed by atoms with van der Waals surface area (Å²) in [7, 11) is 0. The van der Waals surface area contributed by atoms with Gasteiger partial charge >= 0.3 is 5.97 Å². The Morgan fingerprint density at radius 1 is 1.58 bits per heavy atom. The summed E-state index contributed by atoms with van der Waals surface area (Å²) in [6.45, 7) is 0. The molecule has 0 amide bonds. The minimum Gasteiger partial charge on any atom is -0.481 e. The maximum atomic E-state index is 10.4. The van der Waals surface area contributed by atoms with Crippen LogP contribution >= 0.6 is 11.8 Å². The van der Waals surface area contributed by atoms with E-state index >= 15 is 0 Å². The topological polar surface area (TPSA) is 37.3 Å². The van der Waals surface area contributed by atoms with E-state index in [2.05, 4.69) is 0 Å². The second-order valence-corrected chi connectivity index (χ2v) is 3.30. The van der Waals surface area contributed by atoms with Gasteiger partial charge in [0.1, 0.15) is 0 Å². The van der Waals surface area contributed by atoms with Crippen molar-refractivity contribution in [1.29, 1.82) is 0 Å². The monoisotopic (exact) mass is 182 g/mol. The van der Waals surface area contributed by atoms with Gasteiger partial charge in [-0.1, -0.05) is 12.1 Å². The molecule has 0 aliphatic rings. The Morgan fingerprint density at radius 2 is 2.33 bits per heavy atom. The van der Waals surface area contributed by atoms with Crippen molar-refractivity contribution in [2.75, 3.05) is 6.26 Å². The third-order valence-corrected chi connectivity index (χ3v) is 2.21. The Hall–Kier alpha value is -0.960. The molecule has 0 spiro atoms. The van der Waals surface area contributed by atoms with Gasteiger partial charge in [-0.3, -0.25) is 4.79 Å². The van der Waals surface area contributed by atoms with E-state index in [-0.39, 0.29) is 6.42 Å². The van der Waals surface area contributed by atoms with E-state index < -0.39 is 5.97 Å². The first-order valence-electron chi connectivity index (χ1n) is 3.57. The Morgan fingerprint density at radius 3 is 2.92 bits per heavy atom.